The average molecular weight is 262 g/mol. The fraction of sp³-hybridized carbons (Fsp3) is 0.562. The van der Waals surface area contributed by atoms with Crippen molar-refractivity contribution in [2.75, 3.05) is 19.7 Å². The Morgan fingerprint density at radius 3 is 2.89 bits per heavy atom. The fourth-order valence-corrected chi connectivity index (χ4v) is 1.76. The van der Waals surface area contributed by atoms with Gasteiger partial charge in [0.2, 0.25) is 0 Å². The second-order valence-corrected chi connectivity index (χ2v) is 4.66. The SMILES string of the molecule is CCCCCCN=Cc1cccc(OCCCN)c1. The van der Waals surface area contributed by atoms with Gasteiger partial charge in [-0.3, -0.25) is 4.99 Å². The zero-order chi connectivity index (χ0) is 13.8. The minimum absolute atomic E-state index is 0.666. The number of nitrogens with two attached hydrogens (primary N) is 1. The van der Waals surface area contributed by atoms with Crippen LogP contribution in [0.5, 0.6) is 5.75 Å². The first kappa shape index (κ1) is 15.7. The van der Waals surface area contributed by atoms with E-state index in [0.29, 0.717) is 13.2 Å². The van der Waals surface area contributed by atoms with Crippen LogP contribution in [0.4, 0.5) is 0 Å². The number of unbranched alkanes of at least 4 members (excludes halogenated alkanes) is 3. The minimum Gasteiger partial charge on any atom is -0.494 e. The highest BCUT2D eigenvalue weighted by Gasteiger charge is 1.94. The molecule has 2 N–H and O–H groups in total. The van der Waals surface area contributed by atoms with E-state index in [1.165, 1.54) is 25.7 Å². The van der Waals surface area contributed by atoms with Crippen LogP contribution in [-0.4, -0.2) is 25.9 Å². The third-order valence-corrected chi connectivity index (χ3v) is 2.86. The number of aliphatic imine (C=N–C) groups is 1. The first-order valence-corrected chi connectivity index (χ1v) is 7.29. The molecule has 0 radical (unpaired) electrons. The highest BCUT2D eigenvalue weighted by atomic mass is 16.5. The zero-order valence-electron chi connectivity index (χ0n) is 12.0. The first-order valence-electron chi connectivity index (χ1n) is 7.29. The lowest BCUT2D eigenvalue weighted by atomic mass is 10.2. The van der Waals surface area contributed by atoms with E-state index in [9.17, 15) is 0 Å². The maximum Gasteiger partial charge on any atom is 0.119 e. The number of nitrogens with zero attached hydrogens (tertiary/aromatic N) is 1. The molecule has 106 valence electrons. The Hall–Kier alpha value is -1.35. The van der Waals surface area contributed by atoms with E-state index in [2.05, 4.69) is 11.9 Å². The summed E-state index contributed by atoms with van der Waals surface area (Å²) in [5.41, 5.74) is 6.53. The number of benzene rings is 1. The molecule has 0 atom stereocenters. The Bertz CT molecular complexity index is 364. The van der Waals surface area contributed by atoms with Gasteiger partial charge in [-0.15, -0.1) is 0 Å². The minimum atomic E-state index is 0.666. The van der Waals surface area contributed by atoms with Gasteiger partial charge in [-0.05, 0) is 37.1 Å². The van der Waals surface area contributed by atoms with Crippen LogP contribution >= 0.6 is 0 Å². The third-order valence-electron chi connectivity index (χ3n) is 2.86. The summed E-state index contributed by atoms with van der Waals surface area (Å²) in [7, 11) is 0. The molecular weight excluding hydrogens is 236 g/mol. The first-order chi connectivity index (χ1) is 9.36. The van der Waals surface area contributed by atoms with E-state index in [1.54, 1.807) is 0 Å². The van der Waals surface area contributed by atoms with Gasteiger partial charge in [-0.25, -0.2) is 0 Å². The van der Waals surface area contributed by atoms with Gasteiger partial charge in [0.15, 0.2) is 0 Å². The van der Waals surface area contributed by atoms with E-state index in [1.807, 2.05) is 30.5 Å². The summed E-state index contributed by atoms with van der Waals surface area (Å²) in [6.45, 7) is 4.48. The van der Waals surface area contributed by atoms with Crippen molar-refractivity contribution >= 4 is 6.21 Å². The van der Waals surface area contributed by atoms with Gasteiger partial charge in [0.05, 0.1) is 6.61 Å². The molecule has 0 heterocycles. The van der Waals surface area contributed by atoms with E-state index in [0.717, 1.165) is 24.3 Å². The van der Waals surface area contributed by atoms with Gasteiger partial charge in [0, 0.05) is 12.8 Å². The van der Waals surface area contributed by atoms with Crippen LogP contribution in [0.3, 0.4) is 0 Å². The third kappa shape index (κ3) is 7.62. The Morgan fingerprint density at radius 1 is 1.21 bits per heavy atom. The molecule has 3 nitrogen and oxygen atoms in total. The van der Waals surface area contributed by atoms with Crippen molar-refractivity contribution in [1.29, 1.82) is 0 Å². The number of ether oxygens (including phenoxy) is 1. The fourth-order valence-electron chi connectivity index (χ4n) is 1.76. The topological polar surface area (TPSA) is 47.6 Å². The number of hydrogen-bond acceptors (Lipinski definition) is 3. The van der Waals surface area contributed by atoms with Crippen molar-refractivity contribution in [2.45, 2.75) is 39.0 Å². The highest BCUT2D eigenvalue weighted by molar-refractivity contribution is 5.80. The normalized spacial score (nSPS) is 11.1. The molecule has 0 unspecified atom stereocenters. The molecule has 0 bridgehead atoms. The predicted molar refractivity (Wildman–Crippen MR) is 82.2 cm³/mol. The number of rotatable bonds is 10. The summed E-state index contributed by atoms with van der Waals surface area (Å²) in [4.78, 5) is 4.45. The van der Waals surface area contributed by atoms with Crippen LogP contribution in [0.2, 0.25) is 0 Å². The van der Waals surface area contributed by atoms with Crippen molar-refractivity contribution in [3.63, 3.8) is 0 Å². The molecule has 1 aromatic rings. The molecule has 0 saturated carbocycles. The molecule has 0 aliphatic carbocycles. The quantitative estimate of drug-likeness (QED) is 0.519. The molecule has 0 saturated heterocycles. The lowest BCUT2D eigenvalue weighted by Gasteiger charge is -2.05. The Balaban J connectivity index is 2.32. The molecule has 0 spiro atoms. The van der Waals surface area contributed by atoms with Gasteiger partial charge in [-0.1, -0.05) is 38.3 Å². The van der Waals surface area contributed by atoms with Gasteiger partial charge in [-0.2, -0.15) is 0 Å². The Morgan fingerprint density at radius 2 is 2.11 bits per heavy atom. The van der Waals surface area contributed by atoms with Gasteiger partial charge < -0.3 is 10.5 Å². The molecule has 1 rings (SSSR count). The van der Waals surface area contributed by atoms with Crippen LogP contribution in [-0.2, 0) is 0 Å². The summed E-state index contributed by atoms with van der Waals surface area (Å²) < 4.78 is 5.60. The van der Waals surface area contributed by atoms with Crippen LogP contribution in [0.15, 0.2) is 29.3 Å². The van der Waals surface area contributed by atoms with E-state index >= 15 is 0 Å². The van der Waals surface area contributed by atoms with Crippen molar-refractivity contribution in [2.24, 2.45) is 10.7 Å². The second kappa shape index (κ2) is 10.6. The Labute approximate surface area is 116 Å². The van der Waals surface area contributed by atoms with Crippen LogP contribution in [0.1, 0.15) is 44.6 Å². The summed E-state index contributed by atoms with van der Waals surface area (Å²) in [5, 5.41) is 0. The van der Waals surface area contributed by atoms with Crippen molar-refractivity contribution in [3.8, 4) is 5.75 Å². The van der Waals surface area contributed by atoms with Gasteiger partial charge in [0.25, 0.3) is 0 Å². The standard InChI is InChI=1S/C16H26N2O/c1-2-3-4-5-11-18-14-15-8-6-9-16(13-15)19-12-7-10-17/h6,8-9,13-14H,2-5,7,10-12,17H2,1H3. The van der Waals surface area contributed by atoms with E-state index in [-0.39, 0.29) is 0 Å². The number of hydrogen-bond donors (Lipinski definition) is 1. The van der Waals surface area contributed by atoms with Crippen molar-refractivity contribution < 1.29 is 4.74 Å². The summed E-state index contributed by atoms with van der Waals surface area (Å²) in [6, 6.07) is 8.03. The lowest BCUT2D eigenvalue weighted by molar-refractivity contribution is 0.313. The molecule has 0 aliphatic rings. The summed E-state index contributed by atoms with van der Waals surface area (Å²) in [5.74, 6) is 0.892. The summed E-state index contributed by atoms with van der Waals surface area (Å²) in [6.07, 6.45) is 7.84. The molecule has 19 heavy (non-hydrogen) atoms. The molecule has 3 heteroatoms. The van der Waals surface area contributed by atoms with Crippen LogP contribution in [0.25, 0.3) is 0 Å². The highest BCUT2D eigenvalue weighted by Crippen LogP contribution is 2.12. The Kier molecular flexibility index (Phi) is 8.73. The second-order valence-electron chi connectivity index (χ2n) is 4.66. The maximum absolute atomic E-state index is 5.60. The van der Waals surface area contributed by atoms with E-state index in [4.69, 9.17) is 10.5 Å². The molecular formula is C16H26N2O. The predicted octanol–water partition coefficient (Wildman–Crippen LogP) is 3.41. The maximum atomic E-state index is 5.60. The largest absolute Gasteiger partial charge is 0.494 e. The molecule has 1 aromatic carbocycles. The molecule has 0 fully saturated rings. The van der Waals surface area contributed by atoms with Crippen molar-refractivity contribution in [3.05, 3.63) is 29.8 Å². The monoisotopic (exact) mass is 262 g/mol. The van der Waals surface area contributed by atoms with Gasteiger partial charge >= 0.3 is 0 Å². The smallest absolute Gasteiger partial charge is 0.119 e. The zero-order valence-corrected chi connectivity index (χ0v) is 12.0. The van der Waals surface area contributed by atoms with Crippen LogP contribution in [0, 0.1) is 0 Å². The molecule has 0 aliphatic heterocycles. The lowest BCUT2D eigenvalue weighted by Crippen LogP contribution is -2.06. The van der Waals surface area contributed by atoms with Crippen molar-refractivity contribution in [1.82, 2.24) is 0 Å². The summed E-state index contributed by atoms with van der Waals surface area (Å²) >= 11 is 0. The average Bonchev–Trinajstić information content (AvgIpc) is 2.43. The van der Waals surface area contributed by atoms with Gasteiger partial charge in [0.1, 0.15) is 5.75 Å². The molecule has 0 aromatic heterocycles. The van der Waals surface area contributed by atoms with Crippen LogP contribution < -0.4 is 10.5 Å². The molecule has 0 amide bonds. The van der Waals surface area contributed by atoms with E-state index < -0.39 is 0 Å².